The van der Waals surface area contributed by atoms with Crippen molar-refractivity contribution in [2.45, 2.75) is 20.1 Å². The monoisotopic (exact) mass is 214 g/mol. The first kappa shape index (κ1) is 13.2. The molecule has 15 heavy (non-hydrogen) atoms. The summed E-state index contributed by atoms with van der Waals surface area (Å²) in [5.41, 5.74) is 0. The highest BCUT2D eigenvalue weighted by Crippen LogP contribution is 2.04. The summed E-state index contributed by atoms with van der Waals surface area (Å²) < 4.78 is 14.1. The predicted molar refractivity (Wildman–Crippen MR) is 52.6 cm³/mol. The number of carbonyl (C=O) groups excluding carboxylic acids is 2. The number of rotatable bonds is 6. The van der Waals surface area contributed by atoms with Crippen molar-refractivity contribution in [1.29, 1.82) is 0 Å². The van der Waals surface area contributed by atoms with Crippen LogP contribution in [0.15, 0.2) is 25.0 Å². The van der Waals surface area contributed by atoms with E-state index >= 15 is 0 Å². The van der Waals surface area contributed by atoms with Gasteiger partial charge in [0, 0.05) is 13.0 Å². The minimum Gasteiger partial charge on any atom is -0.460 e. The number of carbonyl (C=O) groups is 2. The van der Waals surface area contributed by atoms with E-state index in [4.69, 9.17) is 4.74 Å². The largest absolute Gasteiger partial charge is 0.460 e. The molecule has 0 rings (SSSR count). The first-order valence-electron chi connectivity index (χ1n) is 4.37. The molecule has 0 aliphatic carbocycles. The molecule has 0 radical (unpaired) electrons. The normalized spacial score (nSPS) is 11.1. The van der Waals surface area contributed by atoms with Gasteiger partial charge in [-0.05, 0) is 13.5 Å². The Balaban J connectivity index is 4.00. The van der Waals surface area contributed by atoms with E-state index in [0.29, 0.717) is 0 Å². The molecule has 0 aromatic heterocycles. The summed E-state index contributed by atoms with van der Waals surface area (Å²) in [5, 5.41) is 0. The van der Waals surface area contributed by atoms with Crippen LogP contribution in [-0.2, 0) is 23.8 Å². The number of hydrogen-bond donors (Lipinski definition) is 0. The van der Waals surface area contributed by atoms with Crippen LogP contribution in [0.4, 0.5) is 0 Å². The SMILES string of the molecule is C=CC(=O)OC(C)OC(=C)C(=O)OCC. The van der Waals surface area contributed by atoms with Gasteiger partial charge >= 0.3 is 11.9 Å². The molecule has 84 valence electrons. The van der Waals surface area contributed by atoms with Gasteiger partial charge in [-0.2, -0.15) is 0 Å². The highest BCUT2D eigenvalue weighted by Gasteiger charge is 2.14. The van der Waals surface area contributed by atoms with Gasteiger partial charge in [0.25, 0.3) is 0 Å². The van der Waals surface area contributed by atoms with E-state index in [1.807, 2.05) is 0 Å². The predicted octanol–water partition coefficient (Wildman–Crippen LogP) is 1.16. The fourth-order valence-corrected chi connectivity index (χ4v) is 0.696. The van der Waals surface area contributed by atoms with E-state index in [1.165, 1.54) is 6.92 Å². The standard InChI is InChI=1S/C10H14O5/c1-5-9(11)15-8(4)14-7(3)10(12)13-6-2/h5,8H,1,3,6H2,2,4H3. The van der Waals surface area contributed by atoms with Crippen LogP contribution >= 0.6 is 0 Å². The summed E-state index contributed by atoms with van der Waals surface area (Å²) in [7, 11) is 0. The number of esters is 2. The van der Waals surface area contributed by atoms with Crippen molar-refractivity contribution in [2.75, 3.05) is 6.61 Å². The zero-order chi connectivity index (χ0) is 11.8. The van der Waals surface area contributed by atoms with Crippen LogP contribution < -0.4 is 0 Å². The average Bonchev–Trinajstić information content (AvgIpc) is 2.17. The van der Waals surface area contributed by atoms with E-state index in [0.717, 1.165) is 6.08 Å². The quantitative estimate of drug-likeness (QED) is 0.287. The zero-order valence-corrected chi connectivity index (χ0v) is 8.82. The van der Waals surface area contributed by atoms with E-state index < -0.39 is 18.2 Å². The molecule has 0 aromatic carbocycles. The van der Waals surface area contributed by atoms with Gasteiger partial charge < -0.3 is 14.2 Å². The molecule has 0 aliphatic heterocycles. The van der Waals surface area contributed by atoms with Gasteiger partial charge in [0.2, 0.25) is 12.0 Å². The third kappa shape index (κ3) is 5.51. The summed E-state index contributed by atoms with van der Waals surface area (Å²) in [5.74, 6) is -1.53. The van der Waals surface area contributed by atoms with Crippen LogP contribution in [0.3, 0.4) is 0 Å². The zero-order valence-electron chi connectivity index (χ0n) is 8.82. The fraction of sp³-hybridized carbons (Fsp3) is 0.400. The molecule has 0 heterocycles. The van der Waals surface area contributed by atoms with Gasteiger partial charge in [-0.3, -0.25) is 0 Å². The highest BCUT2D eigenvalue weighted by molar-refractivity contribution is 5.85. The van der Waals surface area contributed by atoms with Crippen molar-refractivity contribution in [2.24, 2.45) is 0 Å². The molecule has 0 N–H and O–H groups in total. The summed E-state index contributed by atoms with van der Waals surface area (Å²) in [4.78, 5) is 21.8. The molecule has 0 saturated carbocycles. The molecule has 0 aromatic rings. The topological polar surface area (TPSA) is 61.8 Å². The van der Waals surface area contributed by atoms with Crippen LogP contribution in [0.25, 0.3) is 0 Å². The average molecular weight is 214 g/mol. The Morgan fingerprint density at radius 2 is 2.00 bits per heavy atom. The van der Waals surface area contributed by atoms with Gasteiger partial charge in [0.05, 0.1) is 6.61 Å². The van der Waals surface area contributed by atoms with Gasteiger partial charge in [-0.25, -0.2) is 9.59 Å². The Bertz CT molecular complexity index is 269. The Morgan fingerprint density at radius 1 is 1.40 bits per heavy atom. The summed E-state index contributed by atoms with van der Waals surface area (Å²) >= 11 is 0. The molecule has 5 heteroatoms. The maximum absolute atomic E-state index is 11.0. The van der Waals surface area contributed by atoms with Crippen LogP contribution in [0, 0.1) is 0 Å². The van der Waals surface area contributed by atoms with Crippen molar-refractivity contribution in [3.05, 3.63) is 25.0 Å². The molecule has 0 spiro atoms. The molecular weight excluding hydrogens is 200 g/mol. The maximum Gasteiger partial charge on any atom is 0.373 e. The van der Waals surface area contributed by atoms with E-state index in [2.05, 4.69) is 22.6 Å². The molecule has 0 amide bonds. The molecule has 0 bridgehead atoms. The molecule has 5 nitrogen and oxygen atoms in total. The first-order valence-corrected chi connectivity index (χ1v) is 4.37. The Morgan fingerprint density at radius 3 is 2.47 bits per heavy atom. The maximum atomic E-state index is 11.0. The third-order valence-electron chi connectivity index (χ3n) is 1.26. The second kappa shape index (κ2) is 6.64. The summed E-state index contributed by atoms with van der Waals surface area (Å²) in [6, 6.07) is 0. The Labute approximate surface area is 88.3 Å². The van der Waals surface area contributed by atoms with E-state index in [9.17, 15) is 9.59 Å². The molecule has 0 fully saturated rings. The first-order chi connectivity index (χ1) is 7.01. The van der Waals surface area contributed by atoms with Crippen molar-refractivity contribution in [3.63, 3.8) is 0 Å². The van der Waals surface area contributed by atoms with E-state index in [-0.39, 0.29) is 12.4 Å². The lowest BCUT2D eigenvalue weighted by Crippen LogP contribution is -2.20. The molecular formula is C10H14O5. The smallest absolute Gasteiger partial charge is 0.373 e. The van der Waals surface area contributed by atoms with Gasteiger partial charge in [-0.1, -0.05) is 6.58 Å². The molecule has 1 unspecified atom stereocenters. The third-order valence-corrected chi connectivity index (χ3v) is 1.26. The lowest BCUT2D eigenvalue weighted by atomic mass is 10.5. The van der Waals surface area contributed by atoms with Crippen molar-refractivity contribution >= 4 is 11.9 Å². The van der Waals surface area contributed by atoms with Crippen LogP contribution in [0.5, 0.6) is 0 Å². The van der Waals surface area contributed by atoms with Gasteiger partial charge in [0.1, 0.15) is 0 Å². The van der Waals surface area contributed by atoms with Gasteiger partial charge in [0.15, 0.2) is 0 Å². The molecule has 1 atom stereocenters. The number of hydrogen-bond acceptors (Lipinski definition) is 5. The number of ether oxygens (including phenoxy) is 3. The second-order valence-corrected chi connectivity index (χ2v) is 2.47. The molecule has 0 aliphatic rings. The van der Waals surface area contributed by atoms with Crippen molar-refractivity contribution in [1.82, 2.24) is 0 Å². The van der Waals surface area contributed by atoms with E-state index in [1.54, 1.807) is 6.92 Å². The highest BCUT2D eigenvalue weighted by atomic mass is 16.7. The van der Waals surface area contributed by atoms with Crippen LogP contribution in [0.2, 0.25) is 0 Å². The second-order valence-electron chi connectivity index (χ2n) is 2.47. The minimum absolute atomic E-state index is 0.207. The lowest BCUT2D eigenvalue weighted by Gasteiger charge is -2.14. The Kier molecular flexibility index (Phi) is 5.85. The van der Waals surface area contributed by atoms with Crippen LogP contribution in [-0.4, -0.2) is 24.8 Å². The Hall–Kier alpha value is -1.78. The fourth-order valence-electron chi connectivity index (χ4n) is 0.696. The molecule has 0 saturated heterocycles. The van der Waals surface area contributed by atoms with Crippen molar-refractivity contribution < 1.29 is 23.8 Å². The van der Waals surface area contributed by atoms with Crippen LogP contribution in [0.1, 0.15) is 13.8 Å². The lowest BCUT2D eigenvalue weighted by molar-refractivity contribution is -0.168. The van der Waals surface area contributed by atoms with Gasteiger partial charge in [-0.15, -0.1) is 0 Å². The summed E-state index contributed by atoms with van der Waals surface area (Å²) in [6.45, 7) is 9.88. The van der Waals surface area contributed by atoms with Crippen molar-refractivity contribution in [3.8, 4) is 0 Å². The summed E-state index contributed by atoms with van der Waals surface area (Å²) in [6.07, 6.45) is 0.0832. The minimum atomic E-state index is -0.910.